The minimum atomic E-state index is -0.0842. The Morgan fingerprint density at radius 1 is 1.00 bits per heavy atom. The molecule has 0 atom stereocenters. The lowest BCUT2D eigenvalue weighted by Gasteiger charge is -2.56. The first kappa shape index (κ1) is 19.0. The minimum absolute atomic E-state index is 0.0216. The molecule has 1 N–H and O–H groups in total. The summed E-state index contributed by atoms with van der Waals surface area (Å²) in [5, 5.41) is 3.40. The van der Waals surface area contributed by atoms with Gasteiger partial charge in [-0.15, -0.1) is 0 Å². The molecule has 0 spiro atoms. The predicted molar refractivity (Wildman–Crippen MR) is 111 cm³/mol. The molecule has 5 nitrogen and oxygen atoms in total. The molecule has 4 aliphatic carbocycles. The molecule has 5 heteroatoms. The molecule has 1 heterocycles. The van der Waals surface area contributed by atoms with Crippen LogP contribution in [-0.2, 0) is 4.79 Å². The number of carbonyl (C=O) groups is 2. The molecule has 6 rings (SSSR count). The number of nitrogens with zero attached hydrogens (tertiary/aromatic N) is 1. The van der Waals surface area contributed by atoms with Gasteiger partial charge < -0.3 is 15.0 Å². The van der Waals surface area contributed by atoms with Gasteiger partial charge in [0.2, 0.25) is 5.91 Å². The zero-order valence-electron chi connectivity index (χ0n) is 17.4. The van der Waals surface area contributed by atoms with E-state index in [4.69, 9.17) is 4.74 Å². The van der Waals surface area contributed by atoms with Crippen molar-refractivity contribution in [3.63, 3.8) is 0 Å². The van der Waals surface area contributed by atoms with Crippen molar-refractivity contribution in [3.8, 4) is 5.75 Å². The number of rotatable bonds is 4. The van der Waals surface area contributed by atoms with E-state index in [1.54, 1.807) is 7.11 Å². The zero-order chi connectivity index (χ0) is 20.0. The molecule has 0 radical (unpaired) electrons. The Hall–Kier alpha value is -2.04. The van der Waals surface area contributed by atoms with Gasteiger partial charge in [0.25, 0.3) is 5.91 Å². The van der Waals surface area contributed by atoms with Crippen molar-refractivity contribution in [2.45, 2.75) is 57.4 Å². The van der Waals surface area contributed by atoms with E-state index < -0.39 is 0 Å². The number of benzene rings is 1. The van der Waals surface area contributed by atoms with Crippen molar-refractivity contribution >= 4 is 11.8 Å². The molecule has 0 unspecified atom stereocenters. The van der Waals surface area contributed by atoms with Crippen LogP contribution in [0, 0.1) is 23.2 Å². The SMILES string of the molecule is COc1ccccc1C(=O)N1CCC(NC(=O)C23CC4CC(CC(C4)C2)C3)CC1. The molecule has 1 aliphatic heterocycles. The number of hydrogen-bond acceptors (Lipinski definition) is 3. The van der Waals surface area contributed by atoms with Crippen LogP contribution in [0.1, 0.15) is 61.7 Å². The average molecular weight is 397 g/mol. The van der Waals surface area contributed by atoms with Gasteiger partial charge in [0.1, 0.15) is 5.75 Å². The fourth-order valence-corrected chi connectivity index (χ4v) is 6.95. The van der Waals surface area contributed by atoms with E-state index in [-0.39, 0.29) is 17.4 Å². The van der Waals surface area contributed by atoms with E-state index in [0.717, 1.165) is 49.9 Å². The topological polar surface area (TPSA) is 58.6 Å². The van der Waals surface area contributed by atoms with Crippen molar-refractivity contribution in [1.82, 2.24) is 10.2 Å². The van der Waals surface area contributed by atoms with Gasteiger partial charge in [-0.05, 0) is 81.3 Å². The van der Waals surface area contributed by atoms with Gasteiger partial charge in [0.05, 0.1) is 12.7 Å². The highest BCUT2D eigenvalue weighted by molar-refractivity contribution is 5.97. The highest BCUT2D eigenvalue weighted by atomic mass is 16.5. The second-order valence-electron chi connectivity index (χ2n) is 9.94. The Kier molecular flexibility index (Phi) is 4.79. The first-order valence-corrected chi connectivity index (χ1v) is 11.3. The first-order valence-electron chi connectivity index (χ1n) is 11.3. The average Bonchev–Trinajstić information content (AvgIpc) is 2.73. The third-order valence-electron chi connectivity index (χ3n) is 7.97. The molecule has 5 aliphatic rings. The lowest BCUT2D eigenvalue weighted by molar-refractivity contribution is -0.147. The second kappa shape index (κ2) is 7.33. The van der Waals surface area contributed by atoms with Gasteiger partial charge >= 0.3 is 0 Å². The van der Waals surface area contributed by atoms with Crippen molar-refractivity contribution in [1.29, 1.82) is 0 Å². The quantitative estimate of drug-likeness (QED) is 0.845. The molecule has 2 amide bonds. The Morgan fingerprint density at radius 3 is 2.17 bits per heavy atom. The standard InChI is InChI=1S/C24H32N2O3/c1-29-21-5-3-2-4-20(21)22(27)26-8-6-19(7-9-26)25-23(28)24-13-16-10-17(14-24)12-18(11-16)15-24/h2-5,16-19H,6-15H2,1H3,(H,25,28). The molecule has 4 saturated carbocycles. The summed E-state index contributed by atoms with van der Waals surface area (Å²) in [4.78, 5) is 28.1. The van der Waals surface area contributed by atoms with E-state index >= 15 is 0 Å². The molecule has 29 heavy (non-hydrogen) atoms. The number of piperidine rings is 1. The van der Waals surface area contributed by atoms with E-state index in [0.29, 0.717) is 30.3 Å². The van der Waals surface area contributed by atoms with Crippen molar-refractivity contribution in [2.24, 2.45) is 23.2 Å². The molecule has 1 saturated heterocycles. The highest BCUT2D eigenvalue weighted by Gasteiger charge is 2.54. The van der Waals surface area contributed by atoms with Crippen LogP contribution in [0.3, 0.4) is 0 Å². The lowest BCUT2D eigenvalue weighted by atomic mass is 9.49. The molecular weight excluding hydrogens is 364 g/mol. The summed E-state index contributed by atoms with van der Waals surface area (Å²) in [5.74, 6) is 3.31. The maximum atomic E-state index is 13.3. The van der Waals surface area contributed by atoms with Gasteiger partial charge in [-0.3, -0.25) is 9.59 Å². The fraction of sp³-hybridized carbons (Fsp3) is 0.667. The summed E-state index contributed by atoms with van der Waals surface area (Å²) in [5.41, 5.74) is 0.532. The van der Waals surface area contributed by atoms with Crippen LogP contribution >= 0.6 is 0 Å². The molecular formula is C24H32N2O3. The fourth-order valence-electron chi connectivity index (χ4n) is 6.95. The Bertz CT molecular complexity index is 762. The van der Waals surface area contributed by atoms with Crippen LogP contribution in [0.5, 0.6) is 5.75 Å². The van der Waals surface area contributed by atoms with Gasteiger partial charge in [0, 0.05) is 24.5 Å². The molecule has 1 aromatic rings. The molecule has 156 valence electrons. The van der Waals surface area contributed by atoms with Crippen LogP contribution in [0.25, 0.3) is 0 Å². The summed E-state index contributed by atoms with van der Waals surface area (Å²) in [6, 6.07) is 7.58. The molecule has 4 bridgehead atoms. The zero-order valence-corrected chi connectivity index (χ0v) is 17.4. The first-order chi connectivity index (χ1) is 14.1. The summed E-state index contributed by atoms with van der Waals surface area (Å²) < 4.78 is 5.34. The van der Waals surface area contributed by atoms with Gasteiger partial charge in [0.15, 0.2) is 0 Å². The number of carbonyl (C=O) groups excluding carboxylic acids is 2. The largest absolute Gasteiger partial charge is 0.496 e. The normalized spacial score (nSPS) is 33.6. The third-order valence-corrected chi connectivity index (χ3v) is 7.97. The lowest BCUT2D eigenvalue weighted by Crippen LogP contribution is -2.56. The summed E-state index contributed by atoms with van der Waals surface area (Å²) in [6.45, 7) is 1.37. The summed E-state index contributed by atoms with van der Waals surface area (Å²) in [6.07, 6.45) is 9.06. The third kappa shape index (κ3) is 3.43. The van der Waals surface area contributed by atoms with Crippen molar-refractivity contribution < 1.29 is 14.3 Å². The van der Waals surface area contributed by atoms with Crippen LogP contribution in [0.2, 0.25) is 0 Å². The number of likely N-dealkylation sites (tertiary alicyclic amines) is 1. The number of amides is 2. The maximum absolute atomic E-state index is 13.3. The van der Waals surface area contributed by atoms with E-state index in [1.165, 1.54) is 19.3 Å². The van der Waals surface area contributed by atoms with Crippen LogP contribution < -0.4 is 10.1 Å². The summed E-state index contributed by atoms with van der Waals surface area (Å²) >= 11 is 0. The number of methoxy groups -OCH3 is 1. The highest BCUT2D eigenvalue weighted by Crippen LogP contribution is 2.60. The van der Waals surface area contributed by atoms with E-state index in [2.05, 4.69) is 5.32 Å². The number of para-hydroxylation sites is 1. The van der Waals surface area contributed by atoms with Gasteiger partial charge in [-0.25, -0.2) is 0 Å². The Labute approximate surface area is 173 Å². The predicted octanol–water partition coefficient (Wildman–Crippen LogP) is 3.63. The summed E-state index contributed by atoms with van der Waals surface area (Å²) in [7, 11) is 1.60. The number of nitrogens with one attached hydrogen (secondary N) is 1. The van der Waals surface area contributed by atoms with Gasteiger partial charge in [-0.1, -0.05) is 12.1 Å². The molecule has 5 fully saturated rings. The Balaban J connectivity index is 1.18. The number of ether oxygens (including phenoxy) is 1. The minimum Gasteiger partial charge on any atom is -0.496 e. The van der Waals surface area contributed by atoms with Crippen LogP contribution in [0.4, 0.5) is 0 Å². The molecule has 1 aromatic carbocycles. The van der Waals surface area contributed by atoms with E-state index in [1.807, 2.05) is 29.2 Å². The van der Waals surface area contributed by atoms with Gasteiger partial charge in [-0.2, -0.15) is 0 Å². The van der Waals surface area contributed by atoms with Crippen molar-refractivity contribution in [2.75, 3.05) is 20.2 Å². The Morgan fingerprint density at radius 2 is 1.59 bits per heavy atom. The number of hydrogen-bond donors (Lipinski definition) is 1. The smallest absolute Gasteiger partial charge is 0.257 e. The molecule has 0 aromatic heterocycles. The van der Waals surface area contributed by atoms with E-state index in [9.17, 15) is 9.59 Å². The second-order valence-corrected chi connectivity index (χ2v) is 9.94. The van der Waals surface area contributed by atoms with Crippen LogP contribution in [0.15, 0.2) is 24.3 Å². The van der Waals surface area contributed by atoms with Crippen LogP contribution in [-0.4, -0.2) is 43.0 Å². The van der Waals surface area contributed by atoms with Crippen molar-refractivity contribution in [3.05, 3.63) is 29.8 Å². The monoisotopic (exact) mass is 396 g/mol. The maximum Gasteiger partial charge on any atom is 0.257 e.